The zero-order chi connectivity index (χ0) is 19.6. The van der Waals surface area contributed by atoms with E-state index in [1.807, 2.05) is 6.92 Å². The molecule has 27 heavy (non-hydrogen) atoms. The number of aryl methyl sites for hydroxylation is 1. The summed E-state index contributed by atoms with van der Waals surface area (Å²) in [6.07, 6.45) is 0.619. The standard InChI is InChI=1S/C19H22N2O5S/c1-13-12-14(8-9-15(13)21-10-5-11-27(21,23)24)20-19(22)18-16(25-2)6-4-7-17(18)26-3/h4,6-9,12H,5,10-11H2,1-3H3,(H,20,22). The predicted molar refractivity (Wildman–Crippen MR) is 104 cm³/mol. The molecule has 0 bridgehead atoms. The number of nitrogens with one attached hydrogen (secondary N) is 1. The number of hydrogen-bond donors (Lipinski definition) is 1. The largest absolute Gasteiger partial charge is 0.496 e. The number of hydrogen-bond acceptors (Lipinski definition) is 5. The molecule has 1 aliphatic rings. The van der Waals surface area contributed by atoms with E-state index in [0.717, 1.165) is 5.56 Å². The fraction of sp³-hybridized carbons (Fsp3) is 0.316. The van der Waals surface area contributed by atoms with Crippen LogP contribution in [0.1, 0.15) is 22.3 Å². The van der Waals surface area contributed by atoms with Crippen molar-refractivity contribution in [1.82, 2.24) is 0 Å². The smallest absolute Gasteiger partial charge is 0.263 e. The van der Waals surface area contributed by atoms with Crippen LogP contribution >= 0.6 is 0 Å². The maximum atomic E-state index is 12.8. The van der Waals surface area contributed by atoms with Gasteiger partial charge in [0.25, 0.3) is 5.91 Å². The van der Waals surface area contributed by atoms with Crippen LogP contribution in [-0.4, -0.2) is 40.8 Å². The summed E-state index contributed by atoms with van der Waals surface area (Å²) in [6.45, 7) is 2.30. The molecule has 0 unspecified atom stereocenters. The summed E-state index contributed by atoms with van der Waals surface area (Å²) in [5, 5.41) is 2.82. The number of sulfonamides is 1. The lowest BCUT2D eigenvalue weighted by Gasteiger charge is -2.20. The monoisotopic (exact) mass is 390 g/mol. The van der Waals surface area contributed by atoms with Crippen molar-refractivity contribution in [3.8, 4) is 11.5 Å². The fourth-order valence-electron chi connectivity index (χ4n) is 3.19. The summed E-state index contributed by atoms with van der Waals surface area (Å²) < 4.78 is 36.2. The molecule has 1 fully saturated rings. The van der Waals surface area contributed by atoms with Gasteiger partial charge in [0.2, 0.25) is 10.0 Å². The number of rotatable bonds is 5. The Morgan fingerprint density at radius 2 is 1.78 bits per heavy atom. The van der Waals surface area contributed by atoms with Crippen LogP contribution in [0.4, 0.5) is 11.4 Å². The highest BCUT2D eigenvalue weighted by Gasteiger charge is 2.29. The number of carbonyl (C=O) groups excluding carboxylic acids is 1. The Kier molecular flexibility index (Phi) is 5.27. The number of benzene rings is 2. The van der Waals surface area contributed by atoms with Gasteiger partial charge in [-0.3, -0.25) is 9.10 Å². The maximum Gasteiger partial charge on any atom is 0.263 e. The van der Waals surface area contributed by atoms with Gasteiger partial charge in [0.05, 0.1) is 25.7 Å². The van der Waals surface area contributed by atoms with E-state index in [0.29, 0.717) is 41.4 Å². The normalized spacial score (nSPS) is 15.4. The molecule has 3 rings (SSSR count). The van der Waals surface area contributed by atoms with Gasteiger partial charge in [-0.05, 0) is 49.2 Å². The Bertz CT molecular complexity index is 950. The van der Waals surface area contributed by atoms with Gasteiger partial charge in [-0.2, -0.15) is 0 Å². The fourth-order valence-corrected chi connectivity index (χ4v) is 4.82. The first-order valence-corrected chi connectivity index (χ1v) is 10.1. The van der Waals surface area contributed by atoms with E-state index >= 15 is 0 Å². The zero-order valence-electron chi connectivity index (χ0n) is 15.5. The van der Waals surface area contributed by atoms with Crippen LogP contribution in [-0.2, 0) is 10.0 Å². The van der Waals surface area contributed by atoms with Crippen molar-refractivity contribution in [1.29, 1.82) is 0 Å². The number of ether oxygens (including phenoxy) is 2. The second-order valence-electron chi connectivity index (χ2n) is 6.23. The molecule has 0 aliphatic carbocycles. The summed E-state index contributed by atoms with van der Waals surface area (Å²) >= 11 is 0. The van der Waals surface area contributed by atoms with Crippen LogP contribution in [0.2, 0.25) is 0 Å². The van der Waals surface area contributed by atoms with Crippen molar-refractivity contribution in [3.63, 3.8) is 0 Å². The van der Waals surface area contributed by atoms with Crippen LogP contribution in [0, 0.1) is 6.92 Å². The molecular formula is C19H22N2O5S. The quantitative estimate of drug-likeness (QED) is 0.849. The first-order valence-electron chi connectivity index (χ1n) is 8.51. The highest BCUT2D eigenvalue weighted by Crippen LogP contribution is 2.31. The molecule has 0 aromatic heterocycles. The number of anilines is 2. The Labute approximate surface area is 158 Å². The van der Waals surface area contributed by atoms with Gasteiger partial charge in [-0.25, -0.2) is 8.42 Å². The van der Waals surface area contributed by atoms with E-state index in [9.17, 15) is 13.2 Å². The minimum Gasteiger partial charge on any atom is -0.496 e. The van der Waals surface area contributed by atoms with E-state index in [1.54, 1.807) is 36.4 Å². The molecule has 1 amide bonds. The van der Waals surface area contributed by atoms with Crippen molar-refractivity contribution < 1.29 is 22.7 Å². The molecule has 0 spiro atoms. The van der Waals surface area contributed by atoms with E-state index in [1.165, 1.54) is 18.5 Å². The lowest BCUT2D eigenvalue weighted by Crippen LogP contribution is -2.25. The molecular weight excluding hydrogens is 368 g/mol. The maximum absolute atomic E-state index is 12.8. The third kappa shape index (κ3) is 3.71. The number of methoxy groups -OCH3 is 2. The molecule has 0 atom stereocenters. The SMILES string of the molecule is COc1cccc(OC)c1C(=O)Nc1ccc(N2CCCS2(=O)=O)c(C)c1. The highest BCUT2D eigenvalue weighted by atomic mass is 32.2. The topological polar surface area (TPSA) is 84.9 Å². The Balaban J connectivity index is 1.87. The molecule has 144 valence electrons. The zero-order valence-corrected chi connectivity index (χ0v) is 16.3. The lowest BCUT2D eigenvalue weighted by atomic mass is 10.1. The summed E-state index contributed by atoms with van der Waals surface area (Å²) in [5.41, 5.74) is 2.27. The van der Waals surface area contributed by atoms with E-state index < -0.39 is 10.0 Å². The second kappa shape index (κ2) is 7.48. The van der Waals surface area contributed by atoms with Crippen LogP contribution in [0.25, 0.3) is 0 Å². The van der Waals surface area contributed by atoms with Gasteiger partial charge in [0.15, 0.2) is 0 Å². The van der Waals surface area contributed by atoms with Crippen molar-refractivity contribution in [2.75, 3.05) is 36.1 Å². The molecule has 0 saturated carbocycles. The highest BCUT2D eigenvalue weighted by molar-refractivity contribution is 7.93. The van der Waals surface area contributed by atoms with Crippen molar-refractivity contribution in [2.24, 2.45) is 0 Å². The number of amides is 1. The van der Waals surface area contributed by atoms with Gasteiger partial charge in [-0.15, -0.1) is 0 Å². The molecule has 1 heterocycles. The van der Waals surface area contributed by atoms with Crippen LogP contribution in [0.5, 0.6) is 11.5 Å². The molecule has 8 heteroatoms. The Morgan fingerprint density at radius 1 is 1.11 bits per heavy atom. The summed E-state index contributed by atoms with van der Waals surface area (Å²) in [4.78, 5) is 12.8. The molecule has 2 aromatic carbocycles. The van der Waals surface area contributed by atoms with Gasteiger partial charge >= 0.3 is 0 Å². The average molecular weight is 390 g/mol. The van der Waals surface area contributed by atoms with Crippen molar-refractivity contribution in [3.05, 3.63) is 47.5 Å². The number of carbonyl (C=O) groups is 1. The predicted octanol–water partition coefficient (Wildman–Crippen LogP) is 2.80. The first kappa shape index (κ1) is 19.0. The molecule has 0 radical (unpaired) electrons. The second-order valence-corrected chi connectivity index (χ2v) is 8.25. The summed E-state index contributed by atoms with van der Waals surface area (Å²) in [5.74, 6) is 0.607. The molecule has 2 aromatic rings. The van der Waals surface area contributed by atoms with Crippen LogP contribution < -0.4 is 19.1 Å². The molecule has 1 aliphatic heterocycles. The average Bonchev–Trinajstić information content (AvgIpc) is 3.00. The Morgan fingerprint density at radius 3 is 2.30 bits per heavy atom. The van der Waals surface area contributed by atoms with E-state index in [2.05, 4.69) is 5.32 Å². The van der Waals surface area contributed by atoms with Crippen LogP contribution in [0.15, 0.2) is 36.4 Å². The van der Waals surface area contributed by atoms with Gasteiger partial charge in [-0.1, -0.05) is 6.07 Å². The Hall–Kier alpha value is -2.74. The minimum absolute atomic E-state index is 0.165. The van der Waals surface area contributed by atoms with Crippen molar-refractivity contribution in [2.45, 2.75) is 13.3 Å². The van der Waals surface area contributed by atoms with Gasteiger partial charge in [0.1, 0.15) is 17.1 Å². The first-order chi connectivity index (χ1) is 12.9. The van der Waals surface area contributed by atoms with Gasteiger partial charge < -0.3 is 14.8 Å². The molecule has 1 saturated heterocycles. The summed E-state index contributed by atoms with van der Waals surface area (Å²) in [7, 11) is -0.272. The number of nitrogens with zero attached hydrogens (tertiary/aromatic N) is 1. The lowest BCUT2D eigenvalue weighted by molar-refractivity contribution is 0.102. The van der Waals surface area contributed by atoms with Gasteiger partial charge in [0, 0.05) is 12.2 Å². The van der Waals surface area contributed by atoms with Crippen molar-refractivity contribution >= 4 is 27.3 Å². The van der Waals surface area contributed by atoms with Crippen LogP contribution in [0.3, 0.4) is 0 Å². The third-order valence-electron chi connectivity index (χ3n) is 4.48. The molecule has 7 nitrogen and oxygen atoms in total. The molecule has 1 N–H and O–H groups in total. The van der Waals surface area contributed by atoms with E-state index in [-0.39, 0.29) is 11.7 Å². The third-order valence-corrected chi connectivity index (χ3v) is 6.33. The summed E-state index contributed by atoms with van der Waals surface area (Å²) in [6, 6.07) is 10.3. The minimum atomic E-state index is -3.25. The van der Waals surface area contributed by atoms with E-state index in [4.69, 9.17) is 9.47 Å².